The summed E-state index contributed by atoms with van der Waals surface area (Å²) in [7, 11) is 0. The monoisotopic (exact) mass is 733 g/mol. The van der Waals surface area contributed by atoms with Crippen LogP contribution in [0.25, 0.3) is 22.4 Å². The van der Waals surface area contributed by atoms with Crippen molar-refractivity contribution in [2.24, 2.45) is 5.73 Å². The van der Waals surface area contributed by atoms with Crippen LogP contribution in [-0.2, 0) is 0 Å². The first-order valence-electron chi connectivity index (χ1n) is 9.97. The zero-order valence-electron chi connectivity index (χ0n) is 20.2. The number of amides is 1. The van der Waals surface area contributed by atoms with Gasteiger partial charge in [0.1, 0.15) is 16.8 Å². The number of nitrogens with one attached hydrogen (secondary N) is 1. The number of carbonyl (C=O) groups is 1. The van der Waals surface area contributed by atoms with E-state index < -0.39 is 5.91 Å². The zero-order valence-corrected chi connectivity index (χ0v) is 24.5. The molecule has 0 aliphatic heterocycles. The first-order chi connectivity index (χ1) is 17.1. The minimum Gasteiger partial charge on any atom is -0.412 e. The van der Waals surface area contributed by atoms with E-state index in [9.17, 15) is 9.59 Å². The minimum absolute atomic E-state index is 0. The molecule has 10 N–H and O–H groups in total. The van der Waals surface area contributed by atoms with E-state index >= 15 is 0 Å². The second-order valence-electron chi connectivity index (χ2n) is 6.42. The molecule has 0 unspecified atom stereocenters. The molecule has 0 fully saturated rings. The van der Waals surface area contributed by atoms with E-state index in [4.69, 9.17) is 11.5 Å². The lowest BCUT2D eigenvalue weighted by Gasteiger charge is -2.03. The van der Waals surface area contributed by atoms with Gasteiger partial charge in [-0.3, -0.25) is 9.59 Å². The van der Waals surface area contributed by atoms with E-state index in [1.54, 1.807) is 4.68 Å². The van der Waals surface area contributed by atoms with Crippen molar-refractivity contribution in [3.8, 4) is 11.4 Å². The number of carbonyl (C=O) groups excluding carboxylic acids is 1. The number of rotatable bonds is 3. The number of primary amides is 1. The number of hydrogen-bond donors (Lipinski definition) is 4. The number of nitrogen functional groups attached to an aromatic ring is 1. The molecule has 0 saturated heterocycles. The van der Waals surface area contributed by atoms with Gasteiger partial charge in [0, 0.05) is 0 Å². The summed E-state index contributed by atoms with van der Waals surface area (Å²) < 4.78 is 3.12. The van der Waals surface area contributed by atoms with Crippen LogP contribution in [0.5, 0.6) is 0 Å². The lowest BCUT2D eigenvalue weighted by atomic mass is 10.3. The zero-order chi connectivity index (χ0) is 25.8. The molecule has 1 amide bonds. The highest BCUT2D eigenvalue weighted by molar-refractivity contribution is 14.1. The fourth-order valence-electron chi connectivity index (χ4n) is 2.94. The second kappa shape index (κ2) is 17.2. The molecular formula is C23H29I2N9O3. The average molecular weight is 733 g/mol. The maximum absolute atomic E-state index is 11.5. The summed E-state index contributed by atoms with van der Waals surface area (Å²) in [6.07, 6.45) is 4.27. The molecule has 0 radical (unpaired) electrons. The molecule has 0 spiro atoms. The number of halogens is 2. The lowest BCUT2D eigenvalue weighted by Crippen LogP contribution is -2.13. The highest BCUT2D eigenvalue weighted by atomic mass is 127. The molecule has 5 rings (SSSR count). The molecule has 3 aromatic heterocycles. The maximum atomic E-state index is 11.5. The molecule has 0 aliphatic carbocycles. The molecule has 37 heavy (non-hydrogen) atoms. The van der Waals surface area contributed by atoms with Gasteiger partial charge in [0.15, 0.2) is 5.65 Å². The van der Waals surface area contributed by atoms with E-state index in [2.05, 4.69) is 65.3 Å². The fraction of sp³-hybridized carbons (Fsp3) is 0.0870. The third-order valence-electron chi connectivity index (χ3n) is 4.44. The Labute approximate surface area is 240 Å². The highest BCUT2D eigenvalue weighted by Gasteiger charge is 2.12. The summed E-state index contributed by atoms with van der Waals surface area (Å²) in [5, 5.41) is 8.65. The molecular weight excluding hydrogens is 704 g/mol. The third-order valence-corrected chi connectivity index (χ3v) is 4.44. The number of hydrogen-bond acceptors (Lipinski definition) is 7. The van der Waals surface area contributed by atoms with Gasteiger partial charge in [-0.15, -0.1) is 0 Å². The van der Waals surface area contributed by atoms with Crippen molar-refractivity contribution in [2.45, 2.75) is 0 Å². The highest BCUT2D eigenvalue weighted by Crippen LogP contribution is 2.16. The Morgan fingerprint density at radius 1 is 0.865 bits per heavy atom. The number of benzene rings is 2. The molecule has 5 aromatic rings. The van der Waals surface area contributed by atoms with Crippen molar-refractivity contribution in [2.75, 3.05) is 15.6 Å². The number of nitrogens with two attached hydrogens (primary N) is 2. The number of alkyl halides is 2. The third kappa shape index (κ3) is 8.34. The Hall–Kier alpha value is -3.35. The summed E-state index contributed by atoms with van der Waals surface area (Å²) in [5.41, 5.74) is 13.2. The fourth-order valence-corrected chi connectivity index (χ4v) is 2.94. The number of anilines is 1. The molecule has 3 heterocycles. The molecule has 12 nitrogen and oxygen atoms in total. The van der Waals surface area contributed by atoms with Gasteiger partial charge in [0.2, 0.25) is 0 Å². The van der Waals surface area contributed by atoms with Crippen molar-refractivity contribution >= 4 is 67.9 Å². The van der Waals surface area contributed by atoms with Crippen LogP contribution in [0, 0.1) is 0 Å². The van der Waals surface area contributed by atoms with Gasteiger partial charge in [0.25, 0.3) is 11.5 Å². The van der Waals surface area contributed by atoms with E-state index in [-0.39, 0.29) is 28.6 Å². The number of fused-ring (bicyclic) bond motifs is 1. The Morgan fingerprint density at radius 3 is 1.84 bits per heavy atom. The Balaban J connectivity index is 0.000000591. The number of para-hydroxylation sites is 2. The first-order valence-corrected chi connectivity index (χ1v) is 14.3. The van der Waals surface area contributed by atoms with Crippen LogP contribution in [0.2, 0.25) is 0 Å². The van der Waals surface area contributed by atoms with Crippen LogP contribution < -0.4 is 23.2 Å². The standard InChI is InChI=1S/C11H8N4O.C10H10N4O.2CH3I.H3N.H2O/c16-11-9-6-14-15(10(9)12-7-13-11)8-4-2-1-3-5-8;11-9-8(10(12)15)6-13-14(9)7-4-2-1-3-5-7;2*1-2;;/h1-7H,(H,12,13,16);1-6H,11H2,(H2,12,15);2*1H3;1H3;1H2. The molecule has 0 saturated carbocycles. The summed E-state index contributed by atoms with van der Waals surface area (Å²) in [5.74, 6) is -0.316. The maximum Gasteiger partial charge on any atom is 0.261 e. The van der Waals surface area contributed by atoms with E-state index in [0.717, 1.165) is 11.4 Å². The van der Waals surface area contributed by atoms with Crippen LogP contribution in [0.3, 0.4) is 0 Å². The van der Waals surface area contributed by atoms with E-state index in [1.807, 2.05) is 70.5 Å². The molecule has 2 aromatic carbocycles. The predicted molar refractivity (Wildman–Crippen MR) is 165 cm³/mol. The van der Waals surface area contributed by atoms with Gasteiger partial charge in [0.05, 0.1) is 30.1 Å². The largest absolute Gasteiger partial charge is 0.412 e. The van der Waals surface area contributed by atoms with E-state index in [1.165, 1.54) is 23.4 Å². The SMILES string of the molecule is CI.CI.N.NC(=O)c1cnn(-c2ccccc2)c1N.O.O=c1[nH]cnc2c1cnn2-c1ccccc1. The van der Waals surface area contributed by atoms with Gasteiger partial charge < -0.3 is 28.1 Å². The van der Waals surface area contributed by atoms with Crippen LogP contribution >= 0.6 is 45.2 Å². The Bertz CT molecular complexity index is 1410. The quantitative estimate of drug-likeness (QED) is 0.160. The second-order valence-corrected chi connectivity index (χ2v) is 6.42. The molecule has 0 aliphatic rings. The van der Waals surface area contributed by atoms with Gasteiger partial charge in [-0.1, -0.05) is 81.6 Å². The number of aromatic amines is 1. The smallest absolute Gasteiger partial charge is 0.261 e. The van der Waals surface area contributed by atoms with E-state index in [0.29, 0.717) is 11.0 Å². The predicted octanol–water partition coefficient (Wildman–Crippen LogP) is 3.10. The van der Waals surface area contributed by atoms with Gasteiger partial charge >= 0.3 is 0 Å². The van der Waals surface area contributed by atoms with Crippen LogP contribution in [-0.4, -0.2) is 50.8 Å². The Morgan fingerprint density at radius 2 is 1.35 bits per heavy atom. The lowest BCUT2D eigenvalue weighted by molar-refractivity contribution is 0.100. The summed E-state index contributed by atoms with van der Waals surface area (Å²) in [6, 6.07) is 18.9. The van der Waals surface area contributed by atoms with Gasteiger partial charge in [-0.05, 0) is 34.1 Å². The van der Waals surface area contributed by atoms with Crippen LogP contribution in [0.15, 0.2) is 84.2 Å². The molecule has 198 valence electrons. The van der Waals surface area contributed by atoms with Crippen molar-refractivity contribution in [3.05, 3.63) is 95.3 Å². The molecule has 0 atom stereocenters. The Kier molecular flexibility index (Phi) is 15.6. The minimum atomic E-state index is -0.574. The number of H-pyrrole nitrogens is 1. The van der Waals surface area contributed by atoms with Crippen molar-refractivity contribution < 1.29 is 10.3 Å². The molecule has 14 heteroatoms. The number of aromatic nitrogens is 6. The number of nitrogens with zero attached hydrogens (tertiary/aromatic N) is 5. The van der Waals surface area contributed by atoms with Crippen molar-refractivity contribution in [1.82, 2.24) is 35.7 Å². The van der Waals surface area contributed by atoms with Crippen LogP contribution in [0.1, 0.15) is 10.4 Å². The summed E-state index contributed by atoms with van der Waals surface area (Å²) in [6.45, 7) is 0. The topological polar surface area (TPSA) is 217 Å². The van der Waals surface area contributed by atoms with Gasteiger partial charge in [-0.25, -0.2) is 14.3 Å². The summed E-state index contributed by atoms with van der Waals surface area (Å²) >= 11 is 4.30. The molecule has 0 bridgehead atoms. The van der Waals surface area contributed by atoms with Crippen molar-refractivity contribution in [3.63, 3.8) is 0 Å². The van der Waals surface area contributed by atoms with Crippen molar-refractivity contribution in [1.29, 1.82) is 0 Å². The average Bonchev–Trinajstić information content (AvgIpc) is 3.53. The first kappa shape index (κ1) is 33.7. The summed E-state index contributed by atoms with van der Waals surface area (Å²) in [4.78, 5) is 33.0. The normalized spacial score (nSPS) is 9.08. The van der Waals surface area contributed by atoms with Crippen LogP contribution in [0.4, 0.5) is 5.82 Å². The van der Waals surface area contributed by atoms with Gasteiger partial charge in [-0.2, -0.15) is 10.2 Å².